The van der Waals surface area contributed by atoms with Gasteiger partial charge in [-0.15, -0.1) is 0 Å². The highest BCUT2D eigenvalue weighted by atomic mass is 32.2. The number of carbonyl (C=O) groups is 2. The average molecular weight is 364 g/mol. The number of hydrogen-bond donors (Lipinski definition) is 1. The van der Waals surface area contributed by atoms with E-state index in [1.54, 1.807) is 43.1 Å². The van der Waals surface area contributed by atoms with Crippen LogP contribution in [0.3, 0.4) is 0 Å². The van der Waals surface area contributed by atoms with Gasteiger partial charge in [0, 0.05) is 19.2 Å². The largest absolute Gasteiger partial charge is 0.459 e. The lowest BCUT2D eigenvalue weighted by molar-refractivity contribution is -0.132. The Morgan fingerprint density at radius 2 is 2.04 bits per heavy atom. The summed E-state index contributed by atoms with van der Waals surface area (Å²) in [4.78, 5) is 26.3. The molecule has 0 radical (unpaired) electrons. The zero-order valence-electron chi connectivity index (χ0n) is 14.2. The second kappa shape index (κ2) is 9.27. The Hall–Kier alpha value is -2.28. The van der Waals surface area contributed by atoms with Gasteiger partial charge in [-0.1, -0.05) is 18.2 Å². The predicted octanol–water partition coefficient (Wildman–Crippen LogP) is 2.93. The number of halogens is 1. The standard InChI is InChI=1S/C18H21FN2O3S/c1-21(12-13-6-3-4-7-14(13)19)18(23)15(9-11-25-2)20-17(22)16-8-5-10-24-16/h3-8,10,15H,9,11-12H2,1-2H3,(H,20,22). The minimum atomic E-state index is -0.693. The van der Waals surface area contributed by atoms with Crippen LogP contribution in [0.2, 0.25) is 0 Å². The number of thioether (sulfide) groups is 1. The first kappa shape index (κ1) is 19.1. The zero-order chi connectivity index (χ0) is 18.2. The van der Waals surface area contributed by atoms with Gasteiger partial charge in [-0.3, -0.25) is 9.59 Å². The van der Waals surface area contributed by atoms with Crippen LogP contribution < -0.4 is 5.32 Å². The van der Waals surface area contributed by atoms with Crippen molar-refractivity contribution in [2.75, 3.05) is 19.1 Å². The maximum atomic E-state index is 13.8. The molecule has 1 unspecified atom stereocenters. The number of benzene rings is 1. The molecule has 2 aromatic rings. The molecule has 2 amide bonds. The number of hydrogen-bond acceptors (Lipinski definition) is 4. The minimum absolute atomic E-state index is 0.137. The molecule has 0 saturated carbocycles. The highest BCUT2D eigenvalue weighted by molar-refractivity contribution is 7.98. The molecule has 134 valence electrons. The van der Waals surface area contributed by atoms with Crippen LogP contribution in [0.15, 0.2) is 47.1 Å². The summed E-state index contributed by atoms with van der Waals surface area (Å²) in [5, 5.41) is 2.70. The van der Waals surface area contributed by atoms with Crippen LogP contribution in [-0.4, -0.2) is 41.8 Å². The normalized spacial score (nSPS) is 11.8. The van der Waals surface area contributed by atoms with Crippen LogP contribution in [0, 0.1) is 5.82 Å². The summed E-state index contributed by atoms with van der Waals surface area (Å²) in [6, 6.07) is 8.77. The van der Waals surface area contributed by atoms with Gasteiger partial charge in [0.2, 0.25) is 5.91 Å². The topological polar surface area (TPSA) is 62.6 Å². The number of nitrogens with zero attached hydrogens (tertiary/aromatic N) is 1. The maximum Gasteiger partial charge on any atom is 0.287 e. The molecule has 0 aliphatic heterocycles. The fourth-order valence-electron chi connectivity index (χ4n) is 2.36. The molecule has 0 spiro atoms. The van der Waals surface area contributed by atoms with E-state index in [2.05, 4.69) is 5.32 Å². The van der Waals surface area contributed by atoms with Crippen molar-refractivity contribution < 1.29 is 18.4 Å². The van der Waals surface area contributed by atoms with E-state index in [4.69, 9.17) is 4.42 Å². The van der Waals surface area contributed by atoms with E-state index in [1.165, 1.54) is 23.3 Å². The Balaban J connectivity index is 2.06. The van der Waals surface area contributed by atoms with Gasteiger partial charge in [-0.05, 0) is 36.6 Å². The summed E-state index contributed by atoms with van der Waals surface area (Å²) in [5.74, 6) is -0.204. The first-order valence-corrected chi connectivity index (χ1v) is 9.24. The van der Waals surface area contributed by atoms with Crippen LogP contribution in [0.5, 0.6) is 0 Å². The molecule has 1 N–H and O–H groups in total. The number of carbonyl (C=O) groups excluding carboxylic acids is 2. The van der Waals surface area contributed by atoms with Crippen LogP contribution in [-0.2, 0) is 11.3 Å². The quantitative estimate of drug-likeness (QED) is 0.782. The van der Waals surface area contributed by atoms with E-state index < -0.39 is 11.9 Å². The van der Waals surface area contributed by atoms with Crippen molar-refractivity contribution in [2.45, 2.75) is 19.0 Å². The molecule has 1 aromatic carbocycles. The highest BCUT2D eigenvalue weighted by Crippen LogP contribution is 2.12. The van der Waals surface area contributed by atoms with E-state index in [0.29, 0.717) is 17.7 Å². The molecule has 1 aromatic heterocycles. The van der Waals surface area contributed by atoms with Gasteiger partial charge in [0.05, 0.1) is 6.26 Å². The second-order valence-electron chi connectivity index (χ2n) is 5.57. The minimum Gasteiger partial charge on any atom is -0.459 e. The summed E-state index contributed by atoms with van der Waals surface area (Å²) in [6.07, 6.45) is 3.81. The Kier molecular flexibility index (Phi) is 7.06. The molecule has 1 heterocycles. The van der Waals surface area contributed by atoms with Crippen molar-refractivity contribution in [3.05, 3.63) is 59.8 Å². The van der Waals surface area contributed by atoms with E-state index >= 15 is 0 Å². The van der Waals surface area contributed by atoms with Crippen molar-refractivity contribution >= 4 is 23.6 Å². The fraction of sp³-hybridized carbons (Fsp3) is 0.333. The fourth-order valence-corrected chi connectivity index (χ4v) is 2.83. The number of nitrogens with one attached hydrogen (secondary N) is 1. The third kappa shape index (κ3) is 5.35. The number of furan rings is 1. The van der Waals surface area contributed by atoms with Crippen LogP contribution in [0.4, 0.5) is 4.39 Å². The highest BCUT2D eigenvalue weighted by Gasteiger charge is 2.25. The molecule has 1 atom stereocenters. The summed E-state index contributed by atoms with van der Waals surface area (Å²) in [6.45, 7) is 0.137. The molecule has 0 bridgehead atoms. The van der Waals surface area contributed by atoms with Gasteiger partial charge in [-0.2, -0.15) is 11.8 Å². The van der Waals surface area contributed by atoms with Crippen molar-refractivity contribution in [2.24, 2.45) is 0 Å². The Labute approximate surface area is 150 Å². The summed E-state index contributed by atoms with van der Waals surface area (Å²) in [5.41, 5.74) is 0.430. The third-order valence-electron chi connectivity index (χ3n) is 3.70. The van der Waals surface area contributed by atoms with Crippen molar-refractivity contribution in [1.82, 2.24) is 10.2 Å². The lowest BCUT2D eigenvalue weighted by atomic mass is 10.1. The lowest BCUT2D eigenvalue weighted by Gasteiger charge is -2.24. The molecular weight excluding hydrogens is 343 g/mol. The molecule has 25 heavy (non-hydrogen) atoms. The maximum absolute atomic E-state index is 13.8. The monoisotopic (exact) mass is 364 g/mol. The second-order valence-corrected chi connectivity index (χ2v) is 6.56. The number of rotatable bonds is 8. The molecule has 5 nitrogen and oxygen atoms in total. The number of likely N-dealkylation sites (N-methyl/N-ethyl adjacent to an activating group) is 1. The van der Waals surface area contributed by atoms with Crippen molar-refractivity contribution in [1.29, 1.82) is 0 Å². The average Bonchev–Trinajstić information content (AvgIpc) is 3.14. The zero-order valence-corrected chi connectivity index (χ0v) is 15.0. The van der Waals surface area contributed by atoms with Crippen LogP contribution >= 0.6 is 11.8 Å². The van der Waals surface area contributed by atoms with Gasteiger partial charge < -0.3 is 14.6 Å². The van der Waals surface area contributed by atoms with Crippen LogP contribution in [0.1, 0.15) is 22.5 Å². The molecule has 7 heteroatoms. The predicted molar refractivity (Wildman–Crippen MR) is 95.8 cm³/mol. The van der Waals surface area contributed by atoms with Gasteiger partial charge in [0.15, 0.2) is 5.76 Å². The van der Waals surface area contributed by atoms with Gasteiger partial charge in [0.1, 0.15) is 11.9 Å². The molecule has 0 aliphatic carbocycles. The summed E-state index contributed by atoms with van der Waals surface area (Å²) in [7, 11) is 1.60. The first-order chi connectivity index (χ1) is 12.0. The van der Waals surface area contributed by atoms with E-state index in [-0.39, 0.29) is 24.0 Å². The molecule has 0 aliphatic rings. The van der Waals surface area contributed by atoms with E-state index in [0.717, 1.165) is 0 Å². The third-order valence-corrected chi connectivity index (χ3v) is 4.34. The van der Waals surface area contributed by atoms with Crippen molar-refractivity contribution in [3.8, 4) is 0 Å². The van der Waals surface area contributed by atoms with E-state index in [9.17, 15) is 14.0 Å². The Morgan fingerprint density at radius 1 is 1.28 bits per heavy atom. The van der Waals surface area contributed by atoms with Crippen molar-refractivity contribution in [3.63, 3.8) is 0 Å². The molecular formula is C18H21FN2O3S. The van der Waals surface area contributed by atoms with Gasteiger partial charge in [0.25, 0.3) is 5.91 Å². The Morgan fingerprint density at radius 3 is 2.68 bits per heavy atom. The first-order valence-electron chi connectivity index (χ1n) is 7.84. The van der Waals surface area contributed by atoms with Gasteiger partial charge >= 0.3 is 0 Å². The van der Waals surface area contributed by atoms with Crippen LogP contribution in [0.25, 0.3) is 0 Å². The molecule has 2 rings (SSSR count). The van der Waals surface area contributed by atoms with E-state index in [1.807, 2.05) is 6.26 Å². The van der Waals surface area contributed by atoms with Gasteiger partial charge in [-0.25, -0.2) is 4.39 Å². The molecule has 0 fully saturated rings. The number of amides is 2. The summed E-state index contributed by atoms with van der Waals surface area (Å²) >= 11 is 1.58. The molecule has 0 saturated heterocycles. The summed E-state index contributed by atoms with van der Waals surface area (Å²) < 4.78 is 18.9. The Bertz CT molecular complexity index is 706. The SMILES string of the molecule is CSCCC(NC(=O)c1ccco1)C(=O)N(C)Cc1ccccc1F. The smallest absolute Gasteiger partial charge is 0.287 e. The lowest BCUT2D eigenvalue weighted by Crippen LogP contribution is -2.47.